The third-order valence-electron chi connectivity index (χ3n) is 6.34. The van der Waals surface area contributed by atoms with Crippen LogP contribution < -0.4 is 10.5 Å². The SMILES string of the molecule is N#CCC1(N2CCC(N[C@@H]3C[C@@H]3c3ccccc3)CC2)CN(S(N)(=O)=O)C1. The maximum absolute atomic E-state index is 11.5. The number of nitrogens with two attached hydrogens (primary N) is 1. The van der Waals surface area contributed by atoms with E-state index in [-0.39, 0.29) is 5.54 Å². The van der Waals surface area contributed by atoms with Crippen LogP contribution in [-0.2, 0) is 10.2 Å². The van der Waals surface area contributed by atoms with Crippen molar-refractivity contribution in [3.63, 3.8) is 0 Å². The molecule has 2 saturated heterocycles. The zero-order valence-corrected chi connectivity index (χ0v) is 16.2. The highest BCUT2D eigenvalue weighted by Crippen LogP contribution is 2.41. The van der Waals surface area contributed by atoms with Gasteiger partial charge in [0.15, 0.2) is 0 Å². The van der Waals surface area contributed by atoms with E-state index in [1.165, 1.54) is 16.3 Å². The van der Waals surface area contributed by atoms with Gasteiger partial charge in [0, 0.05) is 44.2 Å². The van der Waals surface area contributed by atoms with E-state index in [9.17, 15) is 13.7 Å². The summed E-state index contributed by atoms with van der Waals surface area (Å²) in [7, 11) is -3.66. The summed E-state index contributed by atoms with van der Waals surface area (Å²) in [5, 5.41) is 18.2. The van der Waals surface area contributed by atoms with Crippen molar-refractivity contribution >= 4 is 10.2 Å². The largest absolute Gasteiger partial charge is 0.311 e. The van der Waals surface area contributed by atoms with Crippen molar-refractivity contribution in [1.29, 1.82) is 5.26 Å². The van der Waals surface area contributed by atoms with Crippen LogP contribution in [0.3, 0.4) is 0 Å². The molecule has 3 fully saturated rings. The summed E-state index contributed by atoms with van der Waals surface area (Å²) in [6.07, 6.45) is 3.60. The lowest BCUT2D eigenvalue weighted by molar-refractivity contribution is -0.0255. The first-order valence-electron chi connectivity index (χ1n) is 9.62. The van der Waals surface area contributed by atoms with Crippen LogP contribution >= 0.6 is 0 Å². The van der Waals surface area contributed by atoms with E-state index in [1.807, 2.05) is 0 Å². The summed E-state index contributed by atoms with van der Waals surface area (Å²) in [5.74, 6) is 0.629. The summed E-state index contributed by atoms with van der Waals surface area (Å²) >= 11 is 0. The third-order valence-corrected chi connectivity index (χ3v) is 7.32. The molecule has 2 heterocycles. The lowest BCUT2D eigenvalue weighted by atomic mass is 9.84. The highest BCUT2D eigenvalue weighted by atomic mass is 32.2. The molecule has 0 spiro atoms. The molecular formula is C19H27N5O2S. The Hall–Kier alpha value is -1.50. The second-order valence-electron chi connectivity index (χ2n) is 8.16. The van der Waals surface area contributed by atoms with Crippen molar-refractivity contribution in [2.45, 2.75) is 49.2 Å². The Labute approximate surface area is 161 Å². The molecule has 0 aromatic heterocycles. The van der Waals surface area contributed by atoms with Crippen LogP contribution in [0.25, 0.3) is 0 Å². The van der Waals surface area contributed by atoms with Crippen LogP contribution in [0.4, 0.5) is 0 Å². The molecule has 146 valence electrons. The fourth-order valence-corrected chi connectivity index (χ4v) is 5.47. The minimum Gasteiger partial charge on any atom is -0.311 e. The molecule has 4 rings (SSSR count). The summed E-state index contributed by atoms with van der Waals surface area (Å²) in [4.78, 5) is 2.30. The monoisotopic (exact) mass is 389 g/mol. The second kappa shape index (κ2) is 7.15. The molecule has 2 atom stereocenters. The standard InChI is InChI=1S/C19H27N5O2S/c20-9-8-19(13-24(14-19)27(21,25)26)23-10-6-16(7-11-23)22-18-12-17(18)15-4-2-1-3-5-15/h1-5,16-18,22H,6-8,10-14H2,(H2,21,25,26)/t17-,18-/m1/s1. The first kappa shape index (κ1) is 18.8. The summed E-state index contributed by atoms with van der Waals surface area (Å²) < 4.78 is 24.3. The number of hydrogen-bond donors (Lipinski definition) is 2. The van der Waals surface area contributed by atoms with Gasteiger partial charge in [-0.1, -0.05) is 30.3 Å². The van der Waals surface area contributed by atoms with Crippen LogP contribution in [0.15, 0.2) is 30.3 Å². The Morgan fingerprint density at radius 2 is 1.89 bits per heavy atom. The van der Waals surface area contributed by atoms with E-state index < -0.39 is 10.2 Å². The number of likely N-dealkylation sites (tertiary alicyclic amines) is 1. The number of nitrogens with one attached hydrogen (secondary N) is 1. The van der Waals surface area contributed by atoms with Gasteiger partial charge in [-0.3, -0.25) is 4.90 Å². The maximum Gasteiger partial charge on any atom is 0.277 e. The predicted octanol–water partition coefficient (Wildman–Crippen LogP) is 0.768. The Balaban J connectivity index is 1.28. The molecule has 8 heteroatoms. The molecule has 0 unspecified atom stereocenters. The minimum absolute atomic E-state index is 0.330. The molecule has 2 aliphatic heterocycles. The lowest BCUT2D eigenvalue weighted by Gasteiger charge is -2.55. The van der Waals surface area contributed by atoms with Crippen LogP contribution in [0, 0.1) is 11.3 Å². The number of rotatable bonds is 6. The van der Waals surface area contributed by atoms with E-state index in [0.717, 1.165) is 25.9 Å². The highest BCUT2D eigenvalue weighted by molar-refractivity contribution is 7.86. The molecule has 0 amide bonds. The van der Waals surface area contributed by atoms with Gasteiger partial charge >= 0.3 is 0 Å². The summed E-state index contributed by atoms with van der Waals surface area (Å²) in [6, 6.07) is 14.0. The van der Waals surface area contributed by atoms with Crippen molar-refractivity contribution in [3.05, 3.63) is 35.9 Å². The Bertz CT molecular complexity index is 808. The molecule has 0 bridgehead atoms. The van der Waals surface area contributed by atoms with Gasteiger partial charge in [-0.05, 0) is 24.8 Å². The molecule has 1 saturated carbocycles. The Morgan fingerprint density at radius 1 is 1.22 bits per heavy atom. The van der Waals surface area contributed by atoms with E-state index in [2.05, 4.69) is 46.6 Å². The summed E-state index contributed by atoms with van der Waals surface area (Å²) in [5.41, 5.74) is 1.05. The predicted molar refractivity (Wildman–Crippen MR) is 103 cm³/mol. The van der Waals surface area contributed by atoms with Crippen molar-refractivity contribution in [1.82, 2.24) is 14.5 Å². The molecule has 27 heavy (non-hydrogen) atoms. The first-order valence-corrected chi connectivity index (χ1v) is 11.1. The zero-order valence-electron chi connectivity index (χ0n) is 15.4. The molecular weight excluding hydrogens is 362 g/mol. The fraction of sp³-hybridized carbons (Fsp3) is 0.632. The van der Waals surface area contributed by atoms with E-state index in [4.69, 9.17) is 5.14 Å². The van der Waals surface area contributed by atoms with Gasteiger partial charge in [-0.2, -0.15) is 18.0 Å². The topological polar surface area (TPSA) is 102 Å². The maximum atomic E-state index is 11.5. The normalized spacial score (nSPS) is 29.0. The van der Waals surface area contributed by atoms with Crippen LogP contribution in [-0.4, -0.2) is 61.4 Å². The van der Waals surface area contributed by atoms with Gasteiger partial charge in [0.1, 0.15) is 0 Å². The number of piperidine rings is 1. The van der Waals surface area contributed by atoms with Crippen molar-refractivity contribution in [3.8, 4) is 6.07 Å². The number of nitriles is 1. The highest BCUT2D eigenvalue weighted by Gasteiger charge is 2.51. The third kappa shape index (κ3) is 3.89. The van der Waals surface area contributed by atoms with Gasteiger partial charge < -0.3 is 5.32 Å². The Kier molecular flexibility index (Phi) is 4.99. The van der Waals surface area contributed by atoms with Crippen LogP contribution in [0.1, 0.15) is 37.2 Å². The average molecular weight is 390 g/mol. The molecule has 3 aliphatic rings. The zero-order chi connectivity index (χ0) is 19.1. The van der Waals surface area contributed by atoms with Crippen molar-refractivity contribution in [2.24, 2.45) is 5.14 Å². The quantitative estimate of drug-likeness (QED) is 0.748. The first-order chi connectivity index (χ1) is 12.9. The van der Waals surface area contributed by atoms with Gasteiger partial charge in [-0.25, -0.2) is 5.14 Å². The smallest absolute Gasteiger partial charge is 0.277 e. The molecule has 3 N–H and O–H groups in total. The summed E-state index contributed by atoms with van der Waals surface area (Å²) in [6.45, 7) is 2.44. The van der Waals surface area contributed by atoms with E-state index >= 15 is 0 Å². The van der Waals surface area contributed by atoms with E-state index in [1.54, 1.807) is 0 Å². The van der Waals surface area contributed by atoms with Crippen molar-refractivity contribution in [2.75, 3.05) is 26.2 Å². The number of benzene rings is 1. The molecule has 1 aromatic carbocycles. The van der Waals surface area contributed by atoms with Gasteiger partial charge in [-0.15, -0.1) is 0 Å². The van der Waals surface area contributed by atoms with Crippen molar-refractivity contribution < 1.29 is 8.42 Å². The molecule has 7 nitrogen and oxygen atoms in total. The number of nitrogens with zero attached hydrogens (tertiary/aromatic N) is 3. The molecule has 1 aromatic rings. The molecule has 1 aliphatic carbocycles. The molecule has 0 radical (unpaired) electrons. The van der Waals surface area contributed by atoms with Gasteiger partial charge in [0.2, 0.25) is 0 Å². The average Bonchev–Trinajstić information content (AvgIpc) is 3.37. The fourth-order valence-electron chi connectivity index (χ4n) is 4.63. The lowest BCUT2D eigenvalue weighted by Crippen LogP contribution is -2.73. The number of hydrogen-bond acceptors (Lipinski definition) is 5. The van der Waals surface area contributed by atoms with Crippen LogP contribution in [0.2, 0.25) is 0 Å². The minimum atomic E-state index is -3.66. The second-order valence-corrected chi connectivity index (χ2v) is 9.71. The Morgan fingerprint density at radius 3 is 2.48 bits per heavy atom. The van der Waals surface area contributed by atoms with E-state index in [0.29, 0.717) is 37.5 Å². The van der Waals surface area contributed by atoms with Gasteiger partial charge in [0.05, 0.1) is 18.0 Å². The van der Waals surface area contributed by atoms with Crippen LogP contribution in [0.5, 0.6) is 0 Å². The van der Waals surface area contributed by atoms with Gasteiger partial charge in [0.25, 0.3) is 10.2 Å².